The van der Waals surface area contributed by atoms with Gasteiger partial charge >= 0.3 is 0 Å². The molecule has 0 aliphatic heterocycles. The van der Waals surface area contributed by atoms with Gasteiger partial charge < -0.3 is 16.2 Å². The van der Waals surface area contributed by atoms with Crippen molar-refractivity contribution in [3.63, 3.8) is 0 Å². The van der Waals surface area contributed by atoms with Crippen molar-refractivity contribution in [3.05, 3.63) is 59.9 Å². The summed E-state index contributed by atoms with van der Waals surface area (Å²) in [5.41, 5.74) is 6.94. The summed E-state index contributed by atoms with van der Waals surface area (Å²) in [4.78, 5) is 15.1. The number of anilines is 1. The van der Waals surface area contributed by atoms with E-state index in [9.17, 15) is 9.90 Å². The summed E-state index contributed by atoms with van der Waals surface area (Å²) in [6, 6.07) is 10.9. The quantitative estimate of drug-likeness (QED) is 0.754. The number of aliphatic hydroxyl groups is 1. The molecule has 19 heavy (non-hydrogen) atoms. The minimum absolute atomic E-state index is 0.286. The van der Waals surface area contributed by atoms with Crippen LogP contribution in [0.3, 0.4) is 0 Å². The lowest BCUT2D eigenvalue weighted by molar-refractivity contribution is 0.100. The number of carbonyl (C=O) groups is 1. The highest BCUT2D eigenvalue weighted by Gasteiger charge is 2.10. The number of aromatic nitrogens is 1. The fourth-order valence-electron chi connectivity index (χ4n) is 1.74. The molecule has 0 bridgehead atoms. The van der Waals surface area contributed by atoms with E-state index in [4.69, 9.17) is 5.73 Å². The second-order valence-electron chi connectivity index (χ2n) is 4.09. The van der Waals surface area contributed by atoms with Gasteiger partial charge in [-0.3, -0.25) is 9.78 Å². The molecule has 0 saturated heterocycles. The van der Waals surface area contributed by atoms with Crippen molar-refractivity contribution in [2.24, 2.45) is 5.73 Å². The molecule has 1 aromatic carbocycles. The van der Waals surface area contributed by atoms with Gasteiger partial charge in [-0.05, 0) is 11.6 Å². The molecular formula is C14H15N3O2. The van der Waals surface area contributed by atoms with Crippen molar-refractivity contribution in [3.8, 4) is 0 Å². The molecule has 1 atom stereocenters. The third-order valence-electron chi connectivity index (χ3n) is 2.76. The molecule has 4 N–H and O–H groups in total. The molecule has 0 radical (unpaired) electrons. The SMILES string of the molecule is NC(=O)c1cnccc1NC[C@H](O)c1ccccc1. The van der Waals surface area contributed by atoms with Gasteiger partial charge in [0.15, 0.2) is 0 Å². The van der Waals surface area contributed by atoms with Crippen LogP contribution in [0, 0.1) is 0 Å². The van der Waals surface area contributed by atoms with Gasteiger partial charge in [-0.2, -0.15) is 0 Å². The van der Waals surface area contributed by atoms with Crippen LogP contribution in [-0.2, 0) is 0 Å². The van der Waals surface area contributed by atoms with Gasteiger partial charge in [-0.25, -0.2) is 0 Å². The van der Waals surface area contributed by atoms with E-state index >= 15 is 0 Å². The van der Waals surface area contributed by atoms with Crippen LogP contribution in [0.25, 0.3) is 0 Å². The summed E-state index contributed by atoms with van der Waals surface area (Å²) >= 11 is 0. The Kier molecular flexibility index (Phi) is 4.10. The molecule has 5 heteroatoms. The monoisotopic (exact) mass is 257 g/mol. The number of aliphatic hydroxyl groups excluding tert-OH is 1. The first-order valence-corrected chi connectivity index (χ1v) is 5.89. The predicted octanol–water partition coefficient (Wildman–Crippen LogP) is 1.33. The molecule has 5 nitrogen and oxygen atoms in total. The average molecular weight is 257 g/mol. The Bertz CT molecular complexity index is 558. The lowest BCUT2D eigenvalue weighted by atomic mass is 10.1. The standard InChI is InChI=1S/C14H15N3O2/c15-14(19)11-8-16-7-6-12(11)17-9-13(18)10-4-2-1-3-5-10/h1-8,13,18H,9H2,(H2,15,19)(H,16,17)/t13-/m0/s1. The number of nitrogens with two attached hydrogens (primary N) is 1. The zero-order valence-electron chi connectivity index (χ0n) is 10.3. The number of hydrogen-bond acceptors (Lipinski definition) is 4. The first kappa shape index (κ1) is 13.0. The number of primary amides is 1. The Morgan fingerprint density at radius 3 is 2.74 bits per heavy atom. The van der Waals surface area contributed by atoms with Crippen LogP contribution in [0.15, 0.2) is 48.8 Å². The summed E-state index contributed by atoms with van der Waals surface area (Å²) in [7, 11) is 0. The highest BCUT2D eigenvalue weighted by molar-refractivity contribution is 5.98. The van der Waals surface area contributed by atoms with Crippen molar-refractivity contribution in [2.45, 2.75) is 6.10 Å². The van der Waals surface area contributed by atoms with E-state index in [2.05, 4.69) is 10.3 Å². The number of nitrogens with one attached hydrogen (secondary N) is 1. The molecule has 2 rings (SSSR count). The normalized spacial score (nSPS) is 11.8. The van der Waals surface area contributed by atoms with Crippen LogP contribution in [0.2, 0.25) is 0 Å². The number of hydrogen-bond donors (Lipinski definition) is 3. The van der Waals surface area contributed by atoms with E-state index in [0.29, 0.717) is 11.3 Å². The zero-order valence-corrected chi connectivity index (χ0v) is 10.3. The maximum absolute atomic E-state index is 11.2. The Morgan fingerprint density at radius 2 is 2.05 bits per heavy atom. The number of rotatable bonds is 5. The minimum atomic E-state index is -0.657. The van der Waals surface area contributed by atoms with Crippen molar-refractivity contribution in [1.29, 1.82) is 0 Å². The highest BCUT2D eigenvalue weighted by atomic mass is 16.3. The van der Waals surface area contributed by atoms with Crippen molar-refractivity contribution >= 4 is 11.6 Å². The molecule has 1 heterocycles. The van der Waals surface area contributed by atoms with Crippen LogP contribution in [0.4, 0.5) is 5.69 Å². The van der Waals surface area contributed by atoms with Crippen LogP contribution >= 0.6 is 0 Å². The van der Waals surface area contributed by atoms with Gasteiger partial charge in [0.1, 0.15) is 0 Å². The number of amides is 1. The molecular weight excluding hydrogens is 242 g/mol. The summed E-state index contributed by atoms with van der Waals surface area (Å²) in [6.07, 6.45) is 2.30. The lowest BCUT2D eigenvalue weighted by Gasteiger charge is -2.14. The van der Waals surface area contributed by atoms with E-state index in [1.807, 2.05) is 30.3 Å². The number of carbonyl (C=O) groups excluding carboxylic acids is 1. The van der Waals surface area contributed by atoms with E-state index in [0.717, 1.165) is 5.56 Å². The maximum atomic E-state index is 11.2. The van der Waals surface area contributed by atoms with Gasteiger partial charge in [-0.1, -0.05) is 30.3 Å². The molecule has 98 valence electrons. The first-order valence-electron chi connectivity index (χ1n) is 5.89. The molecule has 0 unspecified atom stereocenters. The Labute approximate surface area is 111 Å². The highest BCUT2D eigenvalue weighted by Crippen LogP contribution is 2.16. The summed E-state index contributed by atoms with van der Waals surface area (Å²) < 4.78 is 0. The Balaban J connectivity index is 2.05. The van der Waals surface area contributed by atoms with Gasteiger partial charge in [0.2, 0.25) is 0 Å². The van der Waals surface area contributed by atoms with E-state index in [-0.39, 0.29) is 6.54 Å². The number of benzene rings is 1. The minimum Gasteiger partial charge on any atom is -0.387 e. The lowest BCUT2D eigenvalue weighted by Crippen LogP contribution is -2.17. The van der Waals surface area contributed by atoms with Gasteiger partial charge in [0.05, 0.1) is 17.4 Å². The Morgan fingerprint density at radius 1 is 1.32 bits per heavy atom. The van der Waals surface area contributed by atoms with Crippen LogP contribution < -0.4 is 11.1 Å². The third-order valence-corrected chi connectivity index (χ3v) is 2.76. The largest absolute Gasteiger partial charge is 0.387 e. The molecule has 0 spiro atoms. The van der Waals surface area contributed by atoms with Crippen molar-refractivity contribution in [1.82, 2.24) is 4.98 Å². The molecule has 1 aromatic heterocycles. The predicted molar refractivity (Wildman–Crippen MR) is 72.6 cm³/mol. The second-order valence-corrected chi connectivity index (χ2v) is 4.09. The maximum Gasteiger partial charge on any atom is 0.252 e. The summed E-state index contributed by atoms with van der Waals surface area (Å²) in [5.74, 6) is -0.551. The fourth-order valence-corrected chi connectivity index (χ4v) is 1.74. The first-order chi connectivity index (χ1) is 9.18. The van der Waals surface area contributed by atoms with Gasteiger partial charge in [-0.15, -0.1) is 0 Å². The van der Waals surface area contributed by atoms with Gasteiger partial charge in [0.25, 0.3) is 5.91 Å². The van der Waals surface area contributed by atoms with Gasteiger partial charge in [0, 0.05) is 18.9 Å². The summed E-state index contributed by atoms with van der Waals surface area (Å²) in [5, 5.41) is 13.0. The van der Waals surface area contributed by atoms with E-state index in [1.54, 1.807) is 12.3 Å². The summed E-state index contributed by atoms with van der Waals surface area (Å²) in [6.45, 7) is 0.286. The molecule has 0 saturated carbocycles. The smallest absolute Gasteiger partial charge is 0.252 e. The van der Waals surface area contributed by atoms with Crippen molar-refractivity contribution < 1.29 is 9.90 Å². The Hall–Kier alpha value is -2.40. The molecule has 2 aromatic rings. The number of nitrogens with zero attached hydrogens (tertiary/aromatic N) is 1. The third kappa shape index (κ3) is 3.29. The average Bonchev–Trinajstić information content (AvgIpc) is 2.46. The van der Waals surface area contributed by atoms with Crippen LogP contribution in [0.1, 0.15) is 22.0 Å². The van der Waals surface area contributed by atoms with Crippen LogP contribution in [0.5, 0.6) is 0 Å². The number of pyridine rings is 1. The molecule has 0 aliphatic rings. The molecule has 0 aliphatic carbocycles. The topological polar surface area (TPSA) is 88.2 Å². The molecule has 1 amide bonds. The fraction of sp³-hybridized carbons (Fsp3) is 0.143. The second kappa shape index (κ2) is 5.97. The van der Waals surface area contributed by atoms with Crippen molar-refractivity contribution in [2.75, 3.05) is 11.9 Å². The van der Waals surface area contributed by atoms with E-state index in [1.165, 1.54) is 6.20 Å². The zero-order chi connectivity index (χ0) is 13.7. The van der Waals surface area contributed by atoms with Crippen LogP contribution in [-0.4, -0.2) is 22.5 Å². The van der Waals surface area contributed by atoms with E-state index < -0.39 is 12.0 Å². The molecule has 0 fully saturated rings.